The summed E-state index contributed by atoms with van der Waals surface area (Å²) in [7, 11) is 3.30. The summed E-state index contributed by atoms with van der Waals surface area (Å²) in [5, 5.41) is 8.28. The quantitative estimate of drug-likeness (QED) is 0.583. The van der Waals surface area contributed by atoms with Crippen molar-refractivity contribution in [1.29, 1.82) is 0 Å². The first kappa shape index (κ1) is 15.9. The monoisotopic (exact) mass is 280 g/mol. The van der Waals surface area contributed by atoms with Crippen molar-refractivity contribution < 1.29 is 14.3 Å². The van der Waals surface area contributed by atoms with E-state index < -0.39 is 0 Å². The molecular formula is C13H20N4O3. The predicted octanol–water partition coefficient (Wildman–Crippen LogP) is 0.00580. The molecule has 0 saturated heterocycles. The first-order valence-corrected chi connectivity index (χ1v) is 6.34. The number of nitrogens with zero attached hydrogens (tertiary/aromatic N) is 1. The fraction of sp³-hybridized carbons (Fsp3) is 0.462. The van der Waals surface area contributed by atoms with Crippen LogP contribution in [0.3, 0.4) is 0 Å². The lowest BCUT2D eigenvalue weighted by molar-refractivity contribution is -0.121. The Morgan fingerprint density at radius 3 is 2.80 bits per heavy atom. The highest BCUT2D eigenvalue weighted by atomic mass is 16.5. The number of aromatic nitrogens is 1. The van der Waals surface area contributed by atoms with E-state index in [1.807, 2.05) is 0 Å². The van der Waals surface area contributed by atoms with E-state index in [-0.39, 0.29) is 24.8 Å². The normalized spacial score (nSPS) is 9.90. The van der Waals surface area contributed by atoms with Crippen LogP contribution in [-0.4, -0.2) is 50.7 Å². The number of nitrogens with one attached hydrogen (secondary N) is 3. The summed E-state index contributed by atoms with van der Waals surface area (Å²) in [6.07, 6.45) is 3.32. The average molecular weight is 280 g/mol. The van der Waals surface area contributed by atoms with Crippen molar-refractivity contribution in [3.05, 3.63) is 24.0 Å². The number of rotatable bonds is 8. The van der Waals surface area contributed by atoms with E-state index >= 15 is 0 Å². The maximum atomic E-state index is 11.9. The van der Waals surface area contributed by atoms with Gasteiger partial charge in [0.1, 0.15) is 0 Å². The Kier molecular flexibility index (Phi) is 7.05. The van der Waals surface area contributed by atoms with Crippen LogP contribution >= 0.6 is 0 Å². The Hall–Kier alpha value is -2.15. The van der Waals surface area contributed by atoms with E-state index in [1.54, 1.807) is 26.4 Å². The lowest BCUT2D eigenvalue weighted by Gasteiger charge is -2.09. The molecule has 7 nitrogen and oxygen atoms in total. The predicted molar refractivity (Wildman–Crippen MR) is 75.6 cm³/mol. The van der Waals surface area contributed by atoms with E-state index in [0.29, 0.717) is 24.4 Å². The molecule has 1 aromatic rings. The summed E-state index contributed by atoms with van der Waals surface area (Å²) in [4.78, 5) is 27.3. The minimum absolute atomic E-state index is 0.123. The molecule has 0 atom stereocenters. The molecule has 7 heteroatoms. The van der Waals surface area contributed by atoms with E-state index in [2.05, 4.69) is 20.9 Å². The summed E-state index contributed by atoms with van der Waals surface area (Å²) in [5.41, 5.74) is 1.15. The zero-order valence-corrected chi connectivity index (χ0v) is 11.7. The topological polar surface area (TPSA) is 92.4 Å². The number of methoxy groups -OCH3 is 1. The van der Waals surface area contributed by atoms with Gasteiger partial charge in [0.2, 0.25) is 5.91 Å². The van der Waals surface area contributed by atoms with Crippen LogP contribution in [0.4, 0.5) is 5.69 Å². The number of hydrogen-bond donors (Lipinski definition) is 3. The zero-order valence-electron chi connectivity index (χ0n) is 11.7. The number of carbonyl (C=O) groups excluding carboxylic acids is 2. The lowest BCUT2D eigenvalue weighted by atomic mass is 10.2. The maximum Gasteiger partial charge on any atom is 0.254 e. The van der Waals surface area contributed by atoms with E-state index in [9.17, 15) is 9.59 Å². The molecule has 0 aliphatic rings. The highest BCUT2D eigenvalue weighted by Crippen LogP contribution is 2.11. The van der Waals surface area contributed by atoms with Gasteiger partial charge in [0.25, 0.3) is 5.91 Å². The van der Waals surface area contributed by atoms with Gasteiger partial charge in [-0.1, -0.05) is 0 Å². The SMILES string of the molecule is CNc1ccncc1C(=O)NCCC(=O)NCCOC. The highest BCUT2D eigenvalue weighted by Gasteiger charge is 2.10. The molecule has 0 saturated carbocycles. The summed E-state index contributed by atoms with van der Waals surface area (Å²) in [6, 6.07) is 1.71. The van der Waals surface area contributed by atoms with Crippen LogP contribution in [0.25, 0.3) is 0 Å². The Bertz CT molecular complexity index is 451. The van der Waals surface area contributed by atoms with E-state index in [0.717, 1.165) is 0 Å². The van der Waals surface area contributed by atoms with Crippen molar-refractivity contribution in [3.8, 4) is 0 Å². The summed E-state index contributed by atoms with van der Waals surface area (Å²) in [5.74, 6) is -0.380. The van der Waals surface area contributed by atoms with Crippen molar-refractivity contribution in [2.75, 3.05) is 39.2 Å². The second kappa shape index (κ2) is 8.87. The van der Waals surface area contributed by atoms with Crippen molar-refractivity contribution in [2.24, 2.45) is 0 Å². The number of amides is 2. The number of anilines is 1. The van der Waals surface area contributed by atoms with Gasteiger partial charge in [-0.05, 0) is 6.07 Å². The van der Waals surface area contributed by atoms with Gasteiger partial charge in [-0.3, -0.25) is 14.6 Å². The van der Waals surface area contributed by atoms with Crippen LogP contribution in [0.2, 0.25) is 0 Å². The molecule has 20 heavy (non-hydrogen) atoms. The molecule has 0 bridgehead atoms. The summed E-state index contributed by atoms with van der Waals surface area (Å²) < 4.78 is 4.82. The molecule has 0 aliphatic heterocycles. The van der Waals surface area contributed by atoms with Crippen molar-refractivity contribution in [2.45, 2.75) is 6.42 Å². The molecule has 0 radical (unpaired) electrons. The minimum Gasteiger partial charge on any atom is -0.387 e. The van der Waals surface area contributed by atoms with Crippen LogP contribution in [0.1, 0.15) is 16.8 Å². The molecule has 2 amide bonds. The average Bonchev–Trinajstić information content (AvgIpc) is 2.47. The largest absolute Gasteiger partial charge is 0.387 e. The van der Waals surface area contributed by atoms with Gasteiger partial charge >= 0.3 is 0 Å². The van der Waals surface area contributed by atoms with Crippen molar-refractivity contribution >= 4 is 17.5 Å². The maximum absolute atomic E-state index is 11.9. The highest BCUT2D eigenvalue weighted by molar-refractivity contribution is 5.99. The fourth-order valence-corrected chi connectivity index (χ4v) is 1.56. The van der Waals surface area contributed by atoms with Gasteiger partial charge in [0.15, 0.2) is 0 Å². The first-order chi connectivity index (χ1) is 9.69. The Morgan fingerprint density at radius 1 is 1.30 bits per heavy atom. The van der Waals surface area contributed by atoms with Crippen LogP contribution < -0.4 is 16.0 Å². The molecule has 1 heterocycles. The Morgan fingerprint density at radius 2 is 2.10 bits per heavy atom. The van der Waals surface area contributed by atoms with Gasteiger partial charge in [-0.2, -0.15) is 0 Å². The second-order valence-electron chi connectivity index (χ2n) is 4.02. The number of hydrogen-bond acceptors (Lipinski definition) is 5. The summed E-state index contributed by atoms with van der Waals surface area (Å²) >= 11 is 0. The number of ether oxygens (including phenoxy) is 1. The van der Waals surface area contributed by atoms with Crippen molar-refractivity contribution in [3.63, 3.8) is 0 Å². The molecule has 0 spiro atoms. The van der Waals surface area contributed by atoms with Crippen LogP contribution in [0.15, 0.2) is 18.5 Å². The van der Waals surface area contributed by atoms with Gasteiger partial charge in [0, 0.05) is 51.7 Å². The van der Waals surface area contributed by atoms with E-state index in [1.165, 1.54) is 6.20 Å². The third kappa shape index (κ3) is 5.23. The molecular weight excluding hydrogens is 260 g/mol. The molecule has 3 N–H and O–H groups in total. The lowest BCUT2D eigenvalue weighted by Crippen LogP contribution is -2.32. The molecule has 1 rings (SSSR count). The number of carbonyl (C=O) groups is 2. The molecule has 0 aromatic carbocycles. The van der Waals surface area contributed by atoms with E-state index in [4.69, 9.17) is 4.74 Å². The third-order valence-corrected chi connectivity index (χ3v) is 2.60. The smallest absolute Gasteiger partial charge is 0.254 e. The zero-order chi connectivity index (χ0) is 14.8. The minimum atomic E-state index is -0.257. The van der Waals surface area contributed by atoms with Crippen LogP contribution in [0.5, 0.6) is 0 Å². The van der Waals surface area contributed by atoms with Gasteiger partial charge in [-0.25, -0.2) is 0 Å². The van der Waals surface area contributed by atoms with Gasteiger partial charge in [-0.15, -0.1) is 0 Å². The Labute approximate surface area is 118 Å². The van der Waals surface area contributed by atoms with Crippen LogP contribution in [-0.2, 0) is 9.53 Å². The molecule has 1 aromatic heterocycles. The van der Waals surface area contributed by atoms with Crippen molar-refractivity contribution in [1.82, 2.24) is 15.6 Å². The standard InChI is InChI=1S/C13H20N4O3/c1-14-11-3-5-15-9-10(11)13(19)17-6-4-12(18)16-7-8-20-2/h3,5,9H,4,6-8H2,1-2H3,(H,14,15)(H,16,18)(H,17,19). The Balaban J connectivity index is 2.34. The molecule has 0 unspecified atom stereocenters. The third-order valence-electron chi connectivity index (χ3n) is 2.60. The first-order valence-electron chi connectivity index (χ1n) is 6.34. The molecule has 0 aliphatic carbocycles. The molecule has 0 fully saturated rings. The molecule has 110 valence electrons. The number of pyridine rings is 1. The van der Waals surface area contributed by atoms with Gasteiger partial charge in [0.05, 0.1) is 12.2 Å². The summed E-state index contributed by atoms with van der Waals surface area (Å²) in [6.45, 7) is 1.21. The second-order valence-corrected chi connectivity index (χ2v) is 4.02. The fourth-order valence-electron chi connectivity index (χ4n) is 1.56. The van der Waals surface area contributed by atoms with Gasteiger partial charge < -0.3 is 20.7 Å². The van der Waals surface area contributed by atoms with Crippen LogP contribution in [0, 0.1) is 0 Å².